The first kappa shape index (κ1) is 26.4. The molecule has 12 heteroatoms. The van der Waals surface area contributed by atoms with Crippen molar-refractivity contribution in [3.8, 4) is 17.2 Å². The molecule has 1 amide bonds. The quantitative estimate of drug-likeness (QED) is 0.271. The number of ether oxygens (including phenoxy) is 3. The fourth-order valence-electron chi connectivity index (χ4n) is 3.45. The van der Waals surface area contributed by atoms with Crippen LogP contribution in [-0.4, -0.2) is 61.0 Å². The number of amidine groups is 3. The molecule has 2 heterocycles. The Bertz CT molecular complexity index is 1390. The van der Waals surface area contributed by atoms with E-state index in [9.17, 15) is 13.2 Å². The van der Waals surface area contributed by atoms with Gasteiger partial charge in [-0.05, 0) is 42.8 Å². The molecule has 2 aromatic carbocycles. The summed E-state index contributed by atoms with van der Waals surface area (Å²) in [7, 11) is -3.71. The Morgan fingerprint density at radius 3 is 2.51 bits per heavy atom. The largest absolute Gasteiger partial charge is 0.493 e. The van der Waals surface area contributed by atoms with E-state index >= 15 is 0 Å². The van der Waals surface area contributed by atoms with E-state index in [2.05, 4.69) is 9.39 Å². The van der Waals surface area contributed by atoms with Crippen molar-refractivity contribution < 1.29 is 27.4 Å². The van der Waals surface area contributed by atoms with Crippen LogP contribution in [0.15, 0.2) is 63.5 Å². The van der Waals surface area contributed by atoms with Crippen molar-refractivity contribution in [2.45, 2.75) is 20.3 Å². The van der Waals surface area contributed by atoms with E-state index in [0.717, 1.165) is 22.6 Å². The van der Waals surface area contributed by atoms with Crippen molar-refractivity contribution >= 4 is 49.9 Å². The molecule has 0 aliphatic carbocycles. The lowest BCUT2D eigenvalue weighted by Crippen LogP contribution is -2.45. The summed E-state index contributed by atoms with van der Waals surface area (Å²) in [5.74, 6) is 0.681. The second kappa shape index (κ2) is 11.6. The number of para-hydroxylation sites is 1. The van der Waals surface area contributed by atoms with Crippen LogP contribution in [0.5, 0.6) is 17.2 Å². The van der Waals surface area contributed by atoms with E-state index < -0.39 is 15.7 Å². The Morgan fingerprint density at radius 1 is 1.03 bits per heavy atom. The number of carbonyl (C=O) groups is 1. The van der Waals surface area contributed by atoms with E-state index in [4.69, 9.17) is 19.6 Å². The smallest absolute Gasteiger partial charge is 0.283 e. The maximum atomic E-state index is 12.7. The van der Waals surface area contributed by atoms with Crippen LogP contribution < -0.4 is 14.2 Å². The summed E-state index contributed by atoms with van der Waals surface area (Å²) in [6.45, 7) is 4.64. The molecule has 10 nitrogen and oxygen atoms in total. The second-order valence-corrected chi connectivity index (χ2v) is 10.7. The maximum Gasteiger partial charge on any atom is 0.283 e. The lowest BCUT2D eigenvalue weighted by Gasteiger charge is -2.24. The fourth-order valence-corrected chi connectivity index (χ4v) is 5.41. The number of carbonyl (C=O) groups excluding carboxylic acids is 1. The molecule has 0 spiro atoms. The first-order valence-electron chi connectivity index (χ1n) is 11.6. The minimum Gasteiger partial charge on any atom is -0.493 e. The zero-order valence-corrected chi connectivity index (χ0v) is 22.0. The molecule has 0 saturated heterocycles. The molecule has 194 valence electrons. The van der Waals surface area contributed by atoms with Gasteiger partial charge in [-0.2, -0.15) is 9.39 Å². The van der Waals surface area contributed by atoms with Gasteiger partial charge in [-0.15, -0.1) is 0 Å². The highest BCUT2D eigenvalue weighted by Crippen LogP contribution is 2.32. The Hall–Kier alpha value is -3.64. The highest BCUT2D eigenvalue weighted by molar-refractivity contribution is 8.16. The summed E-state index contributed by atoms with van der Waals surface area (Å²) < 4.78 is 46.1. The SMILES string of the molecule is CCOc1cc(/C=C2/C(=N)N3C(=NC2=O)SN=C3S(=O)(=O)CC)ccc1OCCCOc1ccccc1. The minimum absolute atomic E-state index is 0.0502. The molecule has 2 aliphatic rings. The molecule has 0 saturated carbocycles. The lowest BCUT2D eigenvalue weighted by atomic mass is 10.1. The number of hydrogen-bond donors (Lipinski definition) is 1. The van der Waals surface area contributed by atoms with Crippen molar-refractivity contribution in [3.05, 3.63) is 59.7 Å². The fraction of sp³-hybridized carbons (Fsp3) is 0.280. The average molecular weight is 543 g/mol. The summed E-state index contributed by atoms with van der Waals surface area (Å²) in [5, 5.41) is 8.29. The second-order valence-electron chi connectivity index (χ2n) is 7.81. The molecule has 0 unspecified atom stereocenters. The topological polar surface area (TPSA) is 131 Å². The van der Waals surface area contributed by atoms with Gasteiger partial charge in [0, 0.05) is 6.42 Å². The Morgan fingerprint density at radius 2 is 1.78 bits per heavy atom. The van der Waals surface area contributed by atoms with Crippen molar-refractivity contribution in [2.24, 2.45) is 9.39 Å². The molecule has 0 radical (unpaired) electrons. The molecule has 4 rings (SSSR count). The Labute approximate surface area is 219 Å². The third-order valence-corrected chi connectivity index (χ3v) is 7.70. The predicted octanol–water partition coefficient (Wildman–Crippen LogP) is 3.94. The molecule has 0 fully saturated rings. The molecule has 0 aromatic heterocycles. The predicted molar refractivity (Wildman–Crippen MR) is 144 cm³/mol. The van der Waals surface area contributed by atoms with Crippen molar-refractivity contribution in [1.82, 2.24) is 4.90 Å². The molecule has 2 aromatic rings. The van der Waals surface area contributed by atoms with Crippen molar-refractivity contribution in [1.29, 1.82) is 5.41 Å². The molecule has 2 aliphatic heterocycles. The highest BCUT2D eigenvalue weighted by Gasteiger charge is 2.42. The van der Waals surface area contributed by atoms with Gasteiger partial charge in [-0.3, -0.25) is 10.2 Å². The number of sulfone groups is 1. The zero-order valence-electron chi connectivity index (χ0n) is 20.3. The highest BCUT2D eigenvalue weighted by atomic mass is 32.2. The number of aliphatic imine (C=N–C) groups is 1. The van der Waals surface area contributed by atoms with E-state index in [1.807, 2.05) is 37.3 Å². The molecular weight excluding hydrogens is 516 g/mol. The van der Waals surface area contributed by atoms with Crippen LogP contribution in [-0.2, 0) is 14.6 Å². The van der Waals surface area contributed by atoms with Gasteiger partial charge < -0.3 is 14.2 Å². The van der Waals surface area contributed by atoms with Crippen molar-refractivity contribution in [3.63, 3.8) is 0 Å². The normalized spacial score (nSPS) is 16.4. The van der Waals surface area contributed by atoms with Crippen LogP contribution >= 0.6 is 11.9 Å². The minimum atomic E-state index is -3.71. The van der Waals surface area contributed by atoms with Gasteiger partial charge in [-0.1, -0.05) is 31.2 Å². The van der Waals surface area contributed by atoms with Crippen LogP contribution in [0.4, 0.5) is 0 Å². The number of fused-ring (bicyclic) bond motifs is 1. The number of nitrogens with one attached hydrogen (secondary N) is 1. The summed E-state index contributed by atoms with van der Waals surface area (Å²) in [6.07, 6.45) is 2.14. The van der Waals surface area contributed by atoms with E-state index in [1.165, 1.54) is 13.0 Å². The molecule has 0 atom stereocenters. The molecular formula is C25H26N4O6S2. The number of benzene rings is 2. The summed E-state index contributed by atoms with van der Waals surface area (Å²) in [6, 6.07) is 14.7. The van der Waals surface area contributed by atoms with Gasteiger partial charge >= 0.3 is 0 Å². The van der Waals surface area contributed by atoms with Crippen LogP contribution in [0.3, 0.4) is 0 Å². The monoisotopic (exact) mass is 542 g/mol. The Balaban J connectivity index is 1.48. The van der Waals surface area contributed by atoms with Gasteiger partial charge in [0.15, 0.2) is 11.5 Å². The summed E-state index contributed by atoms with van der Waals surface area (Å²) >= 11 is 0.764. The average Bonchev–Trinajstić information content (AvgIpc) is 3.33. The van der Waals surface area contributed by atoms with E-state index in [1.54, 1.807) is 18.2 Å². The number of nitrogens with zero attached hydrogens (tertiary/aromatic N) is 3. The van der Waals surface area contributed by atoms with Gasteiger partial charge in [-0.25, -0.2) is 13.3 Å². The van der Waals surface area contributed by atoms with Gasteiger partial charge in [0.2, 0.25) is 20.2 Å². The van der Waals surface area contributed by atoms with Crippen molar-refractivity contribution in [2.75, 3.05) is 25.6 Å². The van der Waals surface area contributed by atoms with Gasteiger partial charge in [0.05, 0.1) is 43.1 Å². The van der Waals surface area contributed by atoms with Crippen LogP contribution in [0.25, 0.3) is 6.08 Å². The molecule has 1 N–H and O–H groups in total. The van der Waals surface area contributed by atoms with Gasteiger partial charge in [0.25, 0.3) is 5.91 Å². The number of rotatable bonds is 10. The van der Waals surface area contributed by atoms with E-state index in [-0.39, 0.29) is 27.5 Å². The summed E-state index contributed by atoms with van der Waals surface area (Å²) in [4.78, 5) is 17.7. The molecule has 37 heavy (non-hydrogen) atoms. The molecule has 0 bridgehead atoms. The maximum absolute atomic E-state index is 12.7. The lowest BCUT2D eigenvalue weighted by molar-refractivity contribution is -0.114. The van der Waals surface area contributed by atoms with Gasteiger partial charge in [0.1, 0.15) is 11.6 Å². The Kier molecular flexibility index (Phi) is 8.29. The number of amides is 1. The standard InChI is InChI=1S/C25H26N4O6S2/c1-3-33-21-16-17(11-12-20(21)35-14-8-13-34-18-9-6-5-7-10-18)15-19-22(26)29-24(27-23(19)30)36-28-25(29)37(31,32)4-2/h5-7,9-12,15-16,26H,3-4,8,13-14H2,1-2H3/b19-15-,26-22?. The van der Waals surface area contributed by atoms with E-state index in [0.29, 0.717) is 43.3 Å². The third kappa shape index (κ3) is 6.03. The van der Waals surface area contributed by atoms with Crippen LogP contribution in [0, 0.1) is 5.41 Å². The number of hydrogen-bond acceptors (Lipinski definition) is 9. The first-order chi connectivity index (χ1) is 17.8. The van der Waals surface area contributed by atoms with Crippen LogP contribution in [0.2, 0.25) is 0 Å². The first-order valence-corrected chi connectivity index (χ1v) is 14.1. The summed E-state index contributed by atoms with van der Waals surface area (Å²) in [5.41, 5.74) is 0.512. The third-order valence-electron chi connectivity index (χ3n) is 5.29. The van der Waals surface area contributed by atoms with Crippen LogP contribution in [0.1, 0.15) is 25.8 Å². The zero-order chi connectivity index (χ0) is 26.4.